The summed E-state index contributed by atoms with van der Waals surface area (Å²) in [5, 5.41) is 0.00130. The van der Waals surface area contributed by atoms with Crippen LogP contribution < -0.4 is 9.47 Å². The number of thioether (sulfide) groups is 1. The number of pyridine rings is 1. The maximum atomic E-state index is 12.3. The lowest BCUT2D eigenvalue weighted by Gasteiger charge is -2.25. The molecule has 1 aromatic heterocycles. The standard InChI is InChI=1S/C17H18N2O3S/c1-21-14-5-3-4-13(16(14)22-2)10-19-15(20)11-23-17(19)12-6-8-18-9-7-12/h3-9,17H,10-11H2,1-2H3. The lowest BCUT2D eigenvalue weighted by Crippen LogP contribution is -2.27. The molecule has 1 amide bonds. The number of hydrogen-bond donors (Lipinski definition) is 0. The molecule has 1 aliphatic heterocycles. The number of methoxy groups -OCH3 is 2. The zero-order valence-corrected chi connectivity index (χ0v) is 13.9. The van der Waals surface area contributed by atoms with Crippen LogP contribution in [0, 0.1) is 0 Å². The van der Waals surface area contributed by atoms with E-state index < -0.39 is 0 Å². The van der Waals surface area contributed by atoms with E-state index in [-0.39, 0.29) is 11.3 Å². The second-order valence-electron chi connectivity index (χ2n) is 5.12. The van der Waals surface area contributed by atoms with Gasteiger partial charge in [0.2, 0.25) is 5.91 Å². The van der Waals surface area contributed by atoms with E-state index in [9.17, 15) is 4.79 Å². The van der Waals surface area contributed by atoms with E-state index >= 15 is 0 Å². The van der Waals surface area contributed by atoms with Crippen molar-refractivity contribution in [3.63, 3.8) is 0 Å². The Hall–Kier alpha value is -2.21. The minimum atomic E-state index is 0.00130. The first-order valence-corrected chi connectivity index (χ1v) is 8.30. The Balaban J connectivity index is 1.90. The molecule has 5 nitrogen and oxygen atoms in total. The van der Waals surface area contributed by atoms with Crippen LogP contribution in [0.15, 0.2) is 42.7 Å². The van der Waals surface area contributed by atoms with Gasteiger partial charge >= 0.3 is 0 Å². The fraction of sp³-hybridized carbons (Fsp3) is 0.294. The van der Waals surface area contributed by atoms with Gasteiger partial charge in [-0.05, 0) is 23.8 Å². The monoisotopic (exact) mass is 330 g/mol. The summed E-state index contributed by atoms with van der Waals surface area (Å²) in [4.78, 5) is 18.3. The van der Waals surface area contributed by atoms with E-state index in [1.165, 1.54) is 0 Å². The average Bonchev–Trinajstić information content (AvgIpc) is 2.96. The zero-order valence-electron chi connectivity index (χ0n) is 13.1. The molecule has 0 bridgehead atoms. The molecule has 120 valence electrons. The van der Waals surface area contributed by atoms with Gasteiger partial charge in [-0.1, -0.05) is 12.1 Å². The summed E-state index contributed by atoms with van der Waals surface area (Å²) in [6, 6.07) is 9.62. The molecule has 1 aromatic carbocycles. The number of nitrogens with zero attached hydrogens (tertiary/aromatic N) is 2. The topological polar surface area (TPSA) is 51.7 Å². The SMILES string of the molecule is COc1cccc(CN2C(=O)CSC2c2ccncc2)c1OC. The second kappa shape index (κ2) is 6.91. The quantitative estimate of drug-likeness (QED) is 0.844. The smallest absolute Gasteiger partial charge is 0.234 e. The maximum Gasteiger partial charge on any atom is 0.234 e. The predicted octanol–water partition coefficient (Wildman–Crippen LogP) is 2.87. The molecule has 0 radical (unpaired) electrons. The number of amides is 1. The first-order chi connectivity index (χ1) is 11.2. The third kappa shape index (κ3) is 3.12. The van der Waals surface area contributed by atoms with Gasteiger partial charge in [0.15, 0.2) is 11.5 Å². The number of para-hydroxylation sites is 1. The number of ether oxygens (including phenoxy) is 2. The van der Waals surface area contributed by atoms with Crippen molar-refractivity contribution < 1.29 is 14.3 Å². The molecular weight excluding hydrogens is 312 g/mol. The molecule has 2 aromatic rings. The highest BCUT2D eigenvalue weighted by molar-refractivity contribution is 8.00. The summed E-state index contributed by atoms with van der Waals surface area (Å²) in [7, 11) is 3.22. The summed E-state index contributed by atoms with van der Waals surface area (Å²) >= 11 is 1.63. The number of hydrogen-bond acceptors (Lipinski definition) is 5. The van der Waals surface area contributed by atoms with E-state index in [1.807, 2.05) is 35.2 Å². The van der Waals surface area contributed by atoms with Crippen molar-refractivity contribution in [2.75, 3.05) is 20.0 Å². The molecule has 1 aliphatic rings. The van der Waals surface area contributed by atoms with Gasteiger partial charge in [0.05, 0.1) is 26.5 Å². The number of carbonyl (C=O) groups excluding carboxylic acids is 1. The van der Waals surface area contributed by atoms with Gasteiger partial charge in [0.1, 0.15) is 5.37 Å². The number of benzene rings is 1. The highest BCUT2D eigenvalue weighted by Crippen LogP contribution is 2.41. The van der Waals surface area contributed by atoms with Gasteiger partial charge in [0, 0.05) is 18.0 Å². The number of rotatable bonds is 5. The largest absolute Gasteiger partial charge is 0.493 e. The molecule has 2 heterocycles. The summed E-state index contributed by atoms with van der Waals surface area (Å²) in [5.74, 6) is 1.96. The Morgan fingerprint density at radius 2 is 2.00 bits per heavy atom. The molecule has 0 saturated carbocycles. The highest BCUT2D eigenvalue weighted by atomic mass is 32.2. The second-order valence-corrected chi connectivity index (χ2v) is 6.19. The van der Waals surface area contributed by atoms with Gasteiger partial charge in [-0.25, -0.2) is 0 Å². The molecule has 3 rings (SSSR count). The summed E-state index contributed by atoms with van der Waals surface area (Å²) in [6.07, 6.45) is 3.51. The molecule has 1 saturated heterocycles. The third-order valence-electron chi connectivity index (χ3n) is 3.78. The minimum Gasteiger partial charge on any atom is -0.493 e. The molecule has 0 N–H and O–H groups in total. The van der Waals surface area contributed by atoms with Crippen LogP contribution in [0.5, 0.6) is 11.5 Å². The summed E-state index contributed by atoms with van der Waals surface area (Å²) in [5.41, 5.74) is 2.01. The fourth-order valence-electron chi connectivity index (χ4n) is 2.69. The first kappa shape index (κ1) is 15.7. The molecule has 1 unspecified atom stereocenters. The summed E-state index contributed by atoms with van der Waals surface area (Å²) in [6.45, 7) is 0.485. The molecule has 1 atom stereocenters. The molecule has 6 heteroatoms. The van der Waals surface area contributed by atoms with Crippen LogP contribution in [0.2, 0.25) is 0 Å². The number of carbonyl (C=O) groups is 1. The first-order valence-electron chi connectivity index (χ1n) is 7.25. The fourth-order valence-corrected chi connectivity index (χ4v) is 3.88. The van der Waals surface area contributed by atoms with E-state index in [1.54, 1.807) is 38.4 Å². The van der Waals surface area contributed by atoms with Crippen molar-refractivity contribution in [1.29, 1.82) is 0 Å². The van der Waals surface area contributed by atoms with Crippen molar-refractivity contribution >= 4 is 17.7 Å². The molecular formula is C17H18N2O3S. The Morgan fingerprint density at radius 3 is 2.70 bits per heavy atom. The molecule has 0 aliphatic carbocycles. The minimum absolute atomic E-state index is 0.00130. The van der Waals surface area contributed by atoms with Crippen molar-refractivity contribution in [2.24, 2.45) is 0 Å². The Kier molecular flexibility index (Phi) is 4.71. The van der Waals surface area contributed by atoms with Gasteiger partial charge in [0.25, 0.3) is 0 Å². The van der Waals surface area contributed by atoms with Crippen LogP contribution in [0.25, 0.3) is 0 Å². The van der Waals surface area contributed by atoms with Gasteiger partial charge < -0.3 is 14.4 Å². The predicted molar refractivity (Wildman–Crippen MR) is 89.5 cm³/mol. The average molecular weight is 330 g/mol. The normalized spacial score (nSPS) is 17.4. The number of aromatic nitrogens is 1. The molecule has 0 spiro atoms. The van der Waals surface area contributed by atoms with E-state index in [4.69, 9.17) is 9.47 Å². The van der Waals surface area contributed by atoms with E-state index in [2.05, 4.69) is 4.98 Å². The Bertz CT molecular complexity index is 693. The Labute approximate surface area is 139 Å². The highest BCUT2D eigenvalue weighted by Gasteiger charge is 2.33. The van der Waals surface area contributed by atoms with Gasteiger partial charge in [-0.15, -0.1) is 11.8 Å². The lowest BCUT2D eigenvalue weighted by atomic mass is 10.1. The zero-order chi connectivity index (χ0) is 16.2. The van der Waals surface area contributed by atoms with Crippen molar-refractivity contribution in [1.82, 2.24) is 9.88 Å². The van der Waals surface area contributed by atoms with Crippen LogP contribution in [0.1, 0.15) is 16.5 Å². The summed E-state index contributed by atoms with van der Waals surface area (Å²) < 4.78 is 10.8. The van der Waals surface area contributed by atoms with Gasteiger partial charge in [-0.3, -0.25) is 9.78 Å². The van der Waals surface area contributed by atoms with Crippen LogP contribution in [0.4, 0.5) is 0 Å². The van der Waals surface area contributed by atoms with E-state index in [0.717, 1.165) is 11.1 Å². The van der Waals surface area contributed by atoms with Crippen LogP contribution in [-0.2, 0) is 11.3 Å². The van der Waals surface area contributed by atoms with Gasteiger partial charge in [-0.2, -0.15) is 0 Å². The van der Waals surface area contributed by atoms with E-state index in [0.29, 0.717) is 23.8 Å². The van der Waals surface area contributed by atoms with Crippen molar-refractivity contribution in [3.05, 3.63) is 53.9 Å². The third-order valence-corrected chi connectivity index (χ3v) is 5.04. The van der Waals surface area contributed by atoms with Crippen LogP contribution >= 0.6 is 11.8 Å². The van der Waals surface area contributed by atoms with Crippen LogP contribution in [0.3, 0.4) is 0 Å². The lowest BCUT2D eigenvalue weighted by molar-refractivity contribution is -0.128. The maximum absolute atomic E-state index is 12.3. The molecule has 1 fully saturated rings. The Morgan fingerprint density at radius 1 is 1.22 bits per heavy atom. The van der Waals surface area contributed by atoms with Crippen molar-refractivity contribution in [2.45, 2.75) is 11.9 Å². The molecule has 23 heavy (non-hydrogen) atoms. The van der Waals surface area contributed by atoms with Crippen molar-refractivity contribution in [3.8, 4) is 11.5 Å². The van der Waals surface area contributed by atoms with Crippen LogP contribution in [-0.4, -0.2) is 35.8 Å².